The van der Waals surface area contributed by atoms with E-state index in [0.29, 0.717) is 11.4 Å². The fourth-order valence-electron chi connectivity index (χ4n) is 1.61. The summed E-state index contributed by atoms with van der Waals surface area (Å²) in [5.74, 6) is 0.0678. The van der Waals surface area contributed by atoms with Crippen LogP contribution in [0.1, 0.15) is 11.9 Å². The van der Waals surface area contributed by atoms with Gasteiger partial charge in [-0.05, 0) is 46.3 Å². The molecule has 1 heterocycles. The van der Waals surface area contributed by atoms with E-state index in [2.05, 4.69) is 26.0 Å². The van der Waals surface area contributed by atoms with Crippen molar-refractivity contribution in [2.45, 2.75) is 12.5 Å². The molecule has 0 amide bonds. The summed E-state index contributed by atoms with van der Waals surface area (Å²) in [7, 11) is 0. The van der Waals surface area contributed by atoms with Crippen molar-refractivity contribution in [3.05, 3.63) is 46.8 Å². The SMILES string of the molecule is OC(CNc1ccc(OC(F)(F)F)c(Br)c1)c1ccco1. The topological polar surface area (TPSA) is 54.6 Å². The second-order valence-electron chi connectivity index (χ2n) is 4.11. The van der Waals surface area contributed by atoms with Gasteiger partial charge in [0, 0.05) is 12.2 Å². The summed E-state index contributed by atoms with van der Waals surface area (Å²) < 4.78 is 45.4. The zero-order valence-electron chi connectivity index (χ0n) is 10.5. The Balaban J connectivity index is 1.97. The molecule has 0 aliphatic rings. The minimum absolute atomic E-state index is 0.150. The second kappa shape index (κ2) is 6.40. The van der Waals surface area contributed by atoms with Gasteiger partial charge in [-0.3, -0.25) is 0 Å². The van der Waals surface area contributed by atoms with Crippen molar-refractivity contribution in [3.8, 4) is 5.75 Å². The van der Waals surface area contributed by atoms with Crippen LogP contribution in [0.15, 0.2) is 45.5 Å². The predicted molar refractivity (Wildman–Crippen MR) is 73.0 cm³/mol. The summed E-state index contributed by atoms with van der Waals surface area (Å²) in [6, 6.07) is 7.30. The molecule has 2 rings (SSSR count). The number of anilines is 1. The molecule has 4 nitrogen and oxygen atoms in total. The molecule has 1 aromatic heterocycles. The van der Waals surface area contributed by atoms with Crippen molar-refractivity contribution < 1.29 is 27.4 Å². The molecule has 0 saturated heterocycles. The maximum Gasteiger partial charge on any atom is 0.573 e. The minimum Gasteiger partial charge on any atom is -0.467 e. The van der Waals surface area contributed by atoms with Crippen molar-refractivity contribution in [1.82, 2.24) is 0 Å². The number of benzene rings is 1. The number of alkyl halides is 3. The molecule has 0 aliphatic carbocycles. The first kappa shape index (κ1) is 15.7. The maximum atomic E-state index is 12.1. The molecule has 1 unspecified atom stereocenters. The number of rotatable bonds is 5. The molecule has 0 saturated carbocycles. The van der Waals surface area contributed by atoms with Crippen LogP contribution < -0.4 is 10.1 Å². The zero-order valence-corrected chi connectivity index (χ0v) is 12.1. The summed E-state index contributed by atoms with van der Waals surface area (Å²) in [4.78, 5) is 0. The Morgan fingerprint density at radius 3 is 2.67 bits per heavy atom. The van der Waals surface area contributed by atoms with Crippen LogP contribution in [0.5, 0.6) is 5.75 Å². The molecule has 0 spiro atoms. The van der Waals surface area contributed by atoms with Gasteiger partial charge in [0.05, 0.1) is 10.7 Å². The third kappa shape index (κ3) is 4.68. The number of furan rings is 1. The number of hydrogen-bond acceptors (Lipinski definition) is 4. The van der Waals surface area contributed by atoms with E-state index in [1.54, 1.807) is 12.1 Å². The number of ether oxygens (including phenoxy) is 1. The normalized spacial score (nSPS) is 13.0. The van der Waals surface area contributed by atoms with Crippen LogP contribution in [0.3, 0.4) is 0 Å². The Labute approximate surface area is 126 Å². The molecule has 114 valence electrons. The van der Waals surface area contributed by atoms with Crippen LogP contribution in [-0.2, 0) is 0 Å². The lowest BCUT2D eigenvalue weighted by atomic mass is 10.2. The molecule has 21 heavy (non-hydrogen) atoms. The van der Waals surface area contributed by atoms with Gasteiger partial charge in [0.2, 0.25) is 0 Å². The highest BCUT2D eigenvalue weighted by atomic mass is 79.9. The molecular formula is C13H11BrF3NO3. The van der Waals surface area contributed by atoms with Crippen LogP contribution in [0.2, 0.25) is 0 Å². The highest BCUT2D eigenvalue weighted by Gasteiger charge is 2.31. The van der Waals surface area contributed by atoms with Crippen molar-refractivity contribution in [2.75, 3.05) is 11.9 Å². The highest BCUT2D eigenvalue weighted by molar-refractivity contribution is 9.10. The number of aliphatic hydroxyl groups excluding tert-OH is 1. The molecule has 0 fully saturated rings. The summed E-state index contributed by atoms with van der Waals surface area (Å²) in [5.41, 5.74) is 0.530. The standard InChI is InChI=1S/C13H11BrF3NO3/c14-9-6-8(3-4-11(9)21-13(15,16)17)18-7-10(19)12-2-1-5-20-12/h1-6,10,18-19H,7H2. The van der Waals surface area contributed by atoms with E-state index in [-0.39, 0.29) is 16.8 Å². The van der Waals surface area contributed by atoms with E-state index in [1.165, 1.54) is 24.5 Å². The monoisotopic (exact) mass is 365 g/mol. The van der Waals surface area contributed by atoms with Gasteiger partial charge >= 0.3 is 6.36 Å². The fraction of sp³-hybridized carbons (Fsp3) is 0.231. The largest absolute Gasteiger partial charge is 0.573 e. The molecule has 0 bridgehead atoms. The molecular weight excluding hydrogens is 355 g/mol. The first-order chi connectivity index (χ1) is 9.85. The lowest BCUT2D eigenvalue weighted by Gasteiger charge is -2.14. The number of aliphatic hydroxyl groups is 1. The summed E-state index contributed by atoms with van der Waals surface area (Å²) in [5, 5.41) is 12.7. The summed E-state index contributed by atoms with van der Waals surface area (Å²) in [6.07, 6.45) is -4.16. The third-order valence-corrected chi connectivity index (χ3v) is 3.15. The molecule has 1 aromatic carbocycles. The van der Waals surface area contributed by atoms with E-state index < -0.39 is 12.5 Å². The van der Waals surface area contributed by atoms with E-state index in [4.69, 9.17) is 4.42 Å². The number of nitrogens with one attached hydrogen (secondary N) is 1. The van der Waals surface area contributed by atoms with Gasteiger partial charge in [0.15, 0.2) is 0 Å². The number of halogens is 4. The second-order valence-corrected chi connectivity index (χ2v) is 4.96. The first-order valence-corrected chi connectivity index (χ1v) is 6.65. The maximum absolute atomic E-state index is 12.1. The van der Waals surface area contributed by atoms with E-state index in [9.17, 15) is 18.3 Å². The van der Waals surface area contributed by atoms with Gasteiger partial charge in [-0.1, -0.05) is 0 Å². The van der Waals surface area contributed by atoms with E-state index in [0.717, 1.165) is 0 Å². The fourth-order valence-corrected chi connectivity index (χ4v) is 2.07. The Bertz CT molecular complexity index is 587. The lowest BCUT2D eigenvalue weighted by molar-refractivity contribution is -0.274. The van der Waals surface area contributed by atoms with Gasteiger partial charge in [0.1, 0.15) is 17.6 Å². The van der Waals surface area contributed by atoms with E-state index >= 15 is 0 Å². The Hall–Kier alpha value is -1.67. The van der Waals surface area contributed by atoms with Crippen molar-refractivity contribution in [2.24, 2.45) is 0 Å². The van der Waals surface area contributed by atoms with Crippen LogP contribution in [0.4, 0.5) is 18.9 Å². The summed E-state index contributed by atoms with van der Waals surface area (Å²) >= 11 is 3.00. The zero-order chi connectivity index (χ0) is 15.5. The lowest BCUT2D eigenvalue weighted by Crippen LogP contribution is -2.17. The van der Waals surface area contributed by atoms with Gasteiger partial charge in [0.25, 0.3) is 0 Å². The molecule has 1 atom stereocenters. The number of hydrogen-bond donors (Lipinski definition) is 2. The Morgan fingerprint density at radius 1 is 1.33 bits per heavy atom. The average Bonchev–Trinajstić information content (AvgIpc) is 2.91. The van der Waals surface area contributed by atoms with Crippen LogP contribution >= 0.6 is 15.9 Å². The molecule has 2 N–H and O–H groups in total. The van der Waals surface area contributed by atoms with Crippen LogP contribution in [-0.4, -0.2) is 18.0 Å². The smallest absolute Gasteiger partial charge is 0.467 e. The molecule has 0 radical (unpaired) electrons. The van der Waals surface area contributed by atoms with Gasteiger partial charge < -0.3 is 19.6 Å². The van der Waals surface area contributed by atoms with Crippen LogP contribution in [0.25, 0.3) is 0 Å². The van der Waals surface area contributed by atoms with Crippen molar-refractivity contribution in [3.63, 3.8) is 0 Å². The average molecular weight is 366 g/mol. The van der Waals surface area contributed by atoms with Crippen molar-refractivity contribution in [1.29, 1.82) is 0 Å². The predicted octanol–water partition coefficient (Wildman–Crippen LogP) is 4.09. The minimum atomic E-state index is -4.74. The van der Waals surface area contributed by atoms with Crippen molar-refractivity contribution >= 4 is 21.6 Å². The quantitative estimate of drug-likeness (QED) is 0.837. The van der Waals surface area contributed by atoms with Crippen LogP contribution in [0, 0.1) is 0 Å². The van der Waals surface area contributed by atoms with E-state index in [1.807, 2.05) is 0 Å². The summed E-state index contributed by atoms with van der Waals surface area (Å²) in [6.45, 7) is 0.152. The van der Waals surface area contributed by atoms with Gasteiger partial charge in [-0.25, -0.2) is 0 Å². The Morgan fingerprint density at radius 2 is 2.10 bits per heavy atom. The Kier molecular flexibility index (Phi) is 4.79. The van der Waals surface area contributed by atoms with Gasteiger partial charge in [-0.2, -0.15) is 0 Å². The molecule has 2 aromatic rings. The molecule has 8 heteroatoms. The molecule has 0 aliphatic heterocycles. The third-order valence-electron chi connectivity index (χ3n) is 2.53. The van der Waals surface area contributed by atoms with Gasteiger partial charge in [-0.15, -0.1) is 13.2 Å². The first-order valence-electron chi connectivity index (χ1n) is 5.86. The highest BCUT2D eigenvalue weighted by Crippen LogP contribution is 2.32.